The van der Waals surface area contributed by atoms with Crippen molar-refractivity contribution in [2.75, 3.05) is 26.2 Å². The average Bonchev–Trinajstić information content (AvgIpc) is 2.68. The summed E-state index contributed by atoms with van der Waals surface area (Å²) in [7, 11) is 0. The van der Waals surface area contributed by atoms with Crippen LogP contribution in [-0.4, -0.2) is 42.8 Å². The van der Waals surface area contributed by atoms with Crippen LogP contribution in [-0.2, 0) is 11.3 Å². The normalized spacial score (nSPS) is 23.7. The van der Waals surface area contributed by atoms with Crippen molar-refractivity contribution < 1.29 is 4.74 Å². The van der Waals surface area contributed by atoms with Gasteiger partial charge in [0.1, 0.15) is 0 Å². The molecule has 1 aliphatic rings. The molecule has 2 rings (SSSR count). The van der Waals surface area contributed by atoms with Crippen LogP contribution in [0.15, 0.2) is 11.4 Å². The first-order chi connectivity index (χ1) is 8.96. The Morgan fingerprint density at radius 3 is 2.95 bits per heavy atom. The number of hydrogen-bond acceptors (Lipinski definition) is 4. The van der Waals surface area contributed by atoms with Crippen molar-refractivity contribution in [3.05, 3.63) is 21.9 Å². The summed E-state index contributed by atoms with van der Waals surface area (Å²) in [5, 5.41) is 5.71. The van der Waals surface area contributed by atoms with Gasteiger partial charge in [-0.05, 0) is 44.7 Å². The van der Waals surface area contributed by atoms with Gasteiger partial charge >= 0.3 is 0 Å². The third-order valence-corrected chi connectivity index (χ3v) is 4.52. The number of nitrogens with zero attached hydrogens (tertiary/aromatic N) is 1. The van der Waals surface area contributed by atoms with E-state index in [9.17, 15) is 0 Å². The van der Waals surface area contributed by atoms with E-state index < -0.39 is 0 Å². The van der Waals surface area contributed by atoms with E-state index in [2.05, 4.69) is 49.4 Å². The minimum absolute atomic E-state index is 0.0119. The molecule has 1 atom stereocenters. The maximum absolute atomic E-state index is 5.92. The van der Waals surface area contributed by atoms with E-state index in [1.807, 2.05) is 11.3 Å². The summed E-state index contributed by atoms with van der Waals surface area (Å²) < 4.78 is 5.92. The van der Waals surface area contributed by atoms with Gasteiger partial charge in [0.15, 0.2) is 0 Å². The zero-order valence-corrected chi connectivity index (χ0v) is 13.3. The predicted octanol–water partition coefficient (Wildman–Crippen LogP) is 2.65. The van der Waals surface area contributed by atoms with Crippen LogP contribution >= 0.6 is 11.3 Å². The molecule has 0 bridgehead atoms. The molecule has 0 aromatic carbocycles. The van der Waals surface area contributed by atoms with Gasteiger partial charge in [-0.25, -0.2) is 0 Å². The van der Waals surface area contributed by atoms with Crippen LogP contribution < -0.4 is 5.32 Å². The Kier molecular flexibility index (Phi) is 5.01. The molecule has 1 saturated heterocycles. The van der Waals surface area contributed by atoms with Crippen molar-refractivity contribution in [1.82, 2.24) is 10.2 Å². The molecule has 4 heteroatoms. The second kappa shape index (κ2) is 6.35. The summed E-state index contributed by atoms with van der Waals surface area (Å²) in [6.07, 6.45) is 0.336. The Morgan fingerprint density at radius 2 is 2.32 bits per heavy atom. The fraction of sp³-hybridized carbons (Fsp3) is 0.733. The van der Waals surface area contributed by atoms with Gasteiger partial charge in [-0.3, -0.25) is 4.90 Å². The number of rotatable bonds is 5. The fourth-order valence-corrected chi connectivity index (χ4v) is 3.66. The SMILES string of the molecule is Cc1ccsc1CNCCN1CC(C)OC(C)(C)C1. The van der Waals surface area contributed by atoms with Crippen molar-refractivity contribution in [3.8, 4) is 0 Å². The highest BCUT2D eigenvalue weighted by Gasteiger charge is 2.30. The van der Waals surface area contributed by atoms with Crippen LogP contribution in [0.2, 0.25) is 0 Å². The summed E-state index contributed by atoms with van der Waals surface area (Å²) in [6.45, 7) is 13.9. The van der Waals surface area contributed by atoms with E-state index in [0.29, 0.717) is 6.10 Å². The van der Waals surface area contributed by atoms with Gasteiger partial charge in [0.2, 0.25) is 0 Å². The summed E-state index contributed by atoms with van der Waals surface area (Å²) in [4.78, 5) is 3.96. The zero-order chi connectivity index (χ0) is 13.9. The van der Waals surface area contributed by atoms with Crippen LogP contribution in [0.4, 0.5) is 0 Å². The van der Waals surface area contributed by atoms with Gasteiger partial charge in [0.05, 0.1) is 11.7 Å². The van der Waals surface area contributed by atoms with Crippen LogP contribution in [0.25, 0.3) is 0 Å². The van der Waals surface area contributed by atoms with E-state index in [1.54, 1.807) is 0 Å². The van der Waals surface area contributed by atoms with Crippen molar-refractivity contribution in [2.45, 2.75) is 45.9 Å². The lowest BCUT2D eigenvalue weighted by Crippen LogP contribution is -2.53. The molecule has 0 spiro atoms. The third kappa shape index (κ3) is 4.56. The summed E-state index contributed by atoms with van der Waals surface area (Å²) >= 11 is 1.84. The number of hydrogen-bond donors (Lipinski definition) is 1. The molecule has 1 N–H and O–H groups in total. The molecular formula is C15H26N2OS. The Hall–Kier alpha value is -0.420. The Morgan fingerprint density at radius 1 is 1.53 bits per heavy atom. The highest BCUT2D eigenvalue weighted by atomic mass is 32.1. The van der Waals surface area contributed by atoms with Crippen molar-refractivity contribution in [3.63, 3.8) is 0 Å². The lowest BCUT2D eigenvalue weighted by molar-refractivity contribution is -0.128. The van der Waals surface area contributed by atoms with E-state index in [0.717, 1.165) is 32.7 Å². The van der Waals surface area contributed by atoms with Gasteiger partial charge in [0, 0.05) is 37.6 Å². The number of thiophene rings is 1. The first-order valence-corrected chi connectivity index (χ1v) is 7.98. The minimum atomic E-state index is -0.0119. The third-order valence-electron chi connectivity index (χ3n) is 3.50. The van der Waals surface area contributed by atoms with Crippen molar-refractivity contribution >= 4 is 11.3 Å². The van der Waals surface area contributed by atoms with Crippen LogP contribution in [0.5, 0.6) is 0 Å². The minimum Gasteiger partial charge on any atom is -0.370 e. The molecule has 108 valence electrons. The van der Waals surface area contributed by atoms with E-state index in [1.165, 1.54) is 10.4 Å². The van der Waals surface area contributed by atoms with Crippen LogP contribution in [0.1, 0.15) is 31.2 Å². The monoisotopic (exact) mass is 282 g/mol. The second-order valence-corrected chi connectivity index (χ2v) is 7.13. The maximum atomic E-state index is 5.92. The van der Waals surface area contributed by atoms with E-state index in [-0.39, 0.29) is 5.60 Å². The molecule has 2 heterocycles. The number of ether oxygens (including phenoxy) is 1. The number of nitrogens with one attached hydrogen (secondary N) is 1. The molecule has 1 unspecified atom stereocenters. The predicted molar refractivity (Wildman–Crippen MR) is 81.8 cm³/mol. The smallest absolute Gasteiger partial charge is 0.0757 e. The molecule has 1 aromatic heterocycles. The molecule has 1 aliphatic heterocycles. The molecule has 0 saturated carbocycles. The summed E-state index contributed by atoms with van der Waals surface area (Å²) in [5.74, 6) is 0. The lowest BCUT2D eigenvalue weighted by Gasteiger charge is -2.41. The van der Waals surface area contributed by atoms with E-state index >= 15 is 0 Å². The largest absolute Gasteiger partial charge is 0.370 e. The average molecular weight is 282 g/mol. The zero-order valence-electron chi connectivity index (χ0n) is 12.5. The van der Waals surface area contributed by atoms with Gasteiger partial charge in [-0.1, -0.05) is 0 Å². The van der Waals surface area contributed by atoms with E-state index in [4.69, 9.17) is 4.74 Å². The van der Waals surface area contributed by atoms with Gasteiger partial charge in [-0.2, -0.15) is 0 Å². The second-order valence-electron chi connectivity index (χ2n) is 6.13. The Labute approximate surface area is 121 Å². The Bertz CT molecular complexity index is 403. The van der Waals surface area contributed by atoms with Gasteiger partial charge in [-0.15, -0.1) is 11.3 Å². The number of aryl methyl sites for hydroxylation is 1. The van der Waals surface area contributed by atoms with Gasteiger partial charge < -0.3 is 10.1 Å². The van der Waals surface area contributed by atoms with Crippen LogP contribution in [0, 0.1) is 6.92 Å². The molecule has 1 fully saturated rings. The van der Waals surface area contributed by atoms with Crippen molar-refractivity contribution in [2.24, 2.45) is 0 Å². The number of morpholine rings is 1. The maximum Gasteiger partial charge on any atom is 0.0757 e. The highest BCUT2D eigenvalue weighted by Crippen LogP contribution is 2.20. The lowest BCUT2D eigenvalue weighted by atomic mass is 10.1. The molecule has 19 heavy (non-hydrogen) atoms. The summed E-state index contributed by atoms with van der Waals surface area (Å²) in [5.41, 5.74) is 1.39. The quantitative estimate of drug-likeness (QED) is 0.840. The first-order valence-electron chi connectivity index (χ1n) is 7.10. The topological polar surface area (TPSA) is 24.5 Å². The fourth-order valence-electron chi connectivity index (χ4n) is 2.78. The Balaban J connectivity index is 1.69. The van der Waals surface area contributed by atoms with Gasteiger partial charge in [0.25, 0.3) is 0 Å². The standard InChI is InChI=1S/C15H26N2OS/c1-12-5-8-19-14(12)9-16-6-7-17-10-13(2)18-15(3,4)11-17/h5,8,13,16H,6-7,9-11H2,1-4H3. The van der Waals surface area contributed by atoms with Crippen LogP contribution in [0.3, 0.4) is 0 Å². The van der Waals surface area contributed by atoms with Crippen molar-refractivity contribution in [1.29, 1.82) is 0 Å². The molecular weight excluding hydrogens is 256 g/mol. The molecule has 0 aliphatic carbocycles. The first kappa shape index (κ1) is 15.0. The molecule has 3 nitrogen and oxygen atoms in total. The summed E-state index contributed by atoms with van der Waals surface area (Å²) in [6, 6.07) is 2.19. The molecule has 1 aromatic rings. The molecule has 0 amide bonds. The molecule has 0 radical (unpaired) electrons. The highest BCUT2D eigenvalue weighted by molar-refractivity contribution is 7.10.